The molecule has 0 saturated carbocycles. The molecule has 24 heavy (non-hydrogen) atoms. The Hall–Kier alpha value is -2.08. The number of hydrogen-bond acceptors (Lipinski definition) is 6. The van der Waals surface area contributed by atoms with Gasteiger partial charge in [0.1, 0.15) is 12.4 Å². The van der Waals surface area contributed by atoms with E-state index < -0.39 is 0 Å². The second kappa shape index (κ2) is 9.27. The monoisotopic (exact) mass is 365 g/mol. The number of halogens is 1. The lowest BCUT2D eigenvalue weighted by molar-refractivity contribution is -0.113. The van der Waals surface area contributed by atoms with Crippen molar-refractivity contribution in [2.24, 2.45) is 0 Å². The highest BCUT2D eigenvalue weighted by molar-refractivity contribution is 7.99. The summed E-state index contributed by atoms with van der Waals surface area (Å²) in [6.45, 7) is 1.39. The van der Waals surface area contributed by atoms with Crippen LogP contribution in [-0.2, 0) is 16.1 Å². The van der Waals surface area contributed by atoms with Gasteiger partial charge in [-0.05, 0) is 24.6 Å². The number of ether oxygens (including phenoxy) is 1. The topological polar surface area (TPSA) is 92.8 Å². The average molecular weight is 366 g/mol. The van der Waals surface area contributed by atoms with Crippen LogP contribution < -0.4 is 5.32 Å². The molecule has 0 aliphatic heterocycles. The molecule has 1 aromatic heterocycles. The van der Waals surface area contributed by atoms with Gasteiger partial charge < -0.3 is 14.6 Å². The number of methoxy groups -OCH3 is 1. The maximum atomic E-state index is 12.0. The minimum atomic E-state index is -0.188. The lowest BCUT2D eigenvalue weighted by Crippen LogP contribution is -2.14. The summed E-state index contributed by atoms with van der Waals surface area (Å²) >= 11 is 7.24. The van der Waals surface area contributed by atoms with E-state index in [1.165, 1.54) is 11.8 Å². The number of anilines is 1. The molecule has 0 saturated heterocycles. The first-order chi connectivity index (χ1) is 11.6. The van der Waals surface area contributed by atoms with Gasteiger partial charge in [-0.3, -0.25) is 4.79 Å². The number of rotatable bonds is 8. The molecule has 1 heterocycles. The van der Waals surface area contributed by atoms with E-state index in [4.69, 9.17) is 21.6 Å². The van der Waals surface area contributed by atoms with Gasteiger partial charge in [-0.1, -0.05) is 23.4 Å². The van der Waals surface area contributed by atoms with Crippen LogP contribution in [-0.4, -0.2) is 40.1 Å². The number of carbonyl (C=O) groups is 1. The Morgan fingerprint density at radius 3 is 3.08 bits per heavy atom. The van der Waals surface area contributed by atoms with Crippen LogP contribution in [0.5, 0.6) is 0 Å². The number of hydrogen-bond donors (Lipinski definition) is 1. The molecule has 9 heteroatoms. The van der Waals surface area contributed by atoms with Crippen LogP contribution in [0.1, 0.15) is 12.0 Å². The number of carbonyl (C=O) groups excluding carboxylic acids is 1. The van der Waals surface area contributed by atoms with E-state index in [0.717, 1.165) is 13.0 Å². The van der Waals surface area contributed by atoms with Crippen molar-refractivity contribution in [3.8, 4) is 6.07 Å². The third kappa shape index (κ3) is 5.23. The quantitative estimate of drug-likeness (QED) is 0.571. The molecule has 0 unspecified atom stereocenters. The van der Waals surface area contributed by atoms with Crippen molar-refractivity contribution in [3.05, 3.63) is 35.1 Å². The predicted molar refractivity (Wildman–Crippen MR) is 92.0 cm³/mol. The molecular formula is C15H16ClN5O2S. The van der Waals surface area contributed by atoms with E-state index in [1.54, 1.807) is 31.6 Å². The first-order valence-corrected chi connectivity index (χ1v) is 8.49. The summed E-state index contributed by atoms with van der Waals surface area (Å²) < 4.78 is 6.90. The molecule has 7 nitrogen and oxygen atoms in total. The molecule has 0 radical (unpaired) electrons. The molecule has 2 aromatic rings. The number of thioether (sulfide) groups is 1. The molecular weight excluding hydrogens is 350 g/mol. The fourth-order valence-electron chi connectivity index (χ4n) is 1.90. The Labute approximate surface area is 149 Å². The van der Waals surface area contributed by atoms with E-state index in [-0.39, 0.29) is 11.7 Å². The standard InChI is InChI=1S/C15H16ClN5O2S/c1-23-6-2-5-21-10-18-20-15(21)24-9-14(22)19-12-4-3-11(8-17)13(16)7-12/h3-4,7,10H,2,5-6,9H2,1H3,(H,19,22). The van der Waals surface area contributed by atoms with Crippen molar-refractivity contribution in [1.29, 1.82) is 5.26 Å². The zero-order valence-electron chi connectivity index (χ0n) is 13.0. The number of benzene rings is 1. The number of amides is 1. The van der Waals surface area contributed by atoms with Crippen LogP contribution in [0.3, 0.4) is 0 Å². The smallest absolute Gasteiger partial charge is 0.234 e. The van der Waals surface area contributed by atoms with Crippen molar-refractivity contribution in [2.75, 3.05) is 24.8 Å². The molecule has 0 fully saturated rings. The number of aromatic nitrogens is 3. The Bertz CT molecular complexity index is 744. The SMILES string of the molecule is COCCCn1cnnc1SCC(=O)Nc1ccc(C#N)c(Cl)c1. The van der Waals surface area contributed by atoms with Crippen molar-refractivity contribution in [3.63, 3.8) is 0 Å². The zero-order valence-corrected chi connectivity index (χ0v) is 14.6. The zero-order chi connectivity index (χ0) is 17.4. The van der Waals surface area contributed by atoms with Crippen molar-refractivity contribution >= 4 is 35.0 Å². The first-order valence-electron chi connectivity index (χ1n) is 7.13. The van der Waals surface area contributed by atoms with Gasteiger partial charge in [0.2, 0.25) is 5.91 Å². The van der Waals surface area contributed by atoms with Crippen molar-refractivity contribution in [2.45, 2.75) is 18.1 Å². The van der Waals surface area contributed by atoms with Gasteiger partial charge in [0.25, 0.3) is 0 Å². The average Bonchev–Trinajstić information content (AvgIpc) is 3.01. The highest BCUT2D eigenvalue weighted by Crippen LogP contribution is 2.21. The van der Waals surface area contributed by atoms with Gasteiger partial charge in [-0.25, -0.2) is 0 Å². The Morgan fingerprint density at radius 1 is 1.54 bits per heavy atom. The molecule has 126 valence electrons. The molecule has 1 aromatic carbocycles. The largest absolute Gasteiger partial charge is 0.385 e. The minimum absolute atomic E-state index is 0.188. The minimum Gasteiger partial charge on any atom is -0.385 e. The highest BCUT2D eigenvalue weighted by atomic mass is 35.5. The summed E-state index contributed by atoms with van der Waals surface area (Å²) in [5.74, 6) is 0.00727. The fourth-order valence-corrected chi connectivity index (χ4v) is 2.86. The van der Waals surface area contributed by atoms with Gasteiger partial charge in [0.05, 0.1) is 16.3 Å². The van der Waals surface area contributed by atoms with Crippen LogP contribution in [0.15, 0.2) is 29.7 Å². The van der Waals surface area contributed by atoms with E-state index in [1.807, 2.05) is 10.6 Å². The Morgan fingerprint density at radius 2 is 2.38 bits per heavy atom. The lowest BCUT2D eigenvalue weighted by Gasteiger charge is -2.07. The molecule has 2 rings (SSSR count). The van der Waals surface area contributed by atoms with Crippen LogP contribution in [0.25, 0.3) is 0 Å². The van der Waals surface area contributed by atoms with Gasteiger partial charge in [0.15, 0.2) is 5.16 Å². The molecule has 0 atom stereocenters. The van der Waals surface area contributed by atoms with Gasteiger partial charge in [-0.2, -0.15) is 5.26 Å². The summed E-state index contributed by atoms with van der Waals surface area (Å²) in [6.07, 6.45) is 2.48. The molecule has 0 aliphatic carbocycles. The summed E-state index contributed by atoms with van der Waals surface area (Å²) in [4.78, 5) is 12.0. The van der Waals surface area contributed by atoms with Crippen LogP contribution >= 0.6 is 23.4 Å². The highest BCUT2D eigenvalue weighted by Gasteiger charge is 2.10. The fraction of sp³-hybridized carbons (Fsp3) is 0.333. The maximum Gasteiger partial charge on any atom is 0.234 e. The normalized spacial score (nSPS) is 10.4. The lowest BCUT2D eigenvalue weighted by atomic mass is 10.2. The second-order valence-corrected chi connectivity index (χ2v) is 6.15. The van der Waals surface area contributed by atoms with Crippen LogP contribution in [0.2, 0.25) is 5.02 Å². The predicted octanol–water partition coefficient (Wildman–Crippen LogP) is 2.57. The maximum absolute atomic E-state index is 12.0. The molecule has 1 N–H and O–H groups in total. The van der Waals surface area contributed by atoms with Gasteiger partial charge in [0, 0.05) is 25.9 Å². The van der Waals surface area contributed by atoms with Gasteiger partial charge in [-0.15, -0.1) is 10.2 Å². The molecule has 1 amide bonds. The molecule has 0 bridgehead atoms. The summed E-state index contributed by atoms with van der Waals surface area (Å²) in [7, 11) is 1.65. The number of nitriles is 1. The van der Waals surface area contributed by atoms with Gasteiger partial charge >= 0.3 is 0 Å². The summed E-state index contributed by atoms with van der Waals surface area (Å²) in [5, 5.41) is 20.4. The Kier molecular flexibility index (Phi) is 7.06. The third-order valence-electron chi connectivity index (χ3n) is 3.03. The number of nitrogens with zero attached hydrogens (tertiary/aromatic N) is 4. The van der Waals surface area contributed by atoms with Crippen molar-refractivity contribution in [1.82, 2.24) is 14.8 Å². The van der Waals surface area contributed by atoms with E-state index in [0.29, 0.717) is 28.0 Å². The third-order valence-corrected chi connectivity index (χ3v) is 4.33. The summed E-state index contributed by atoms with van der Waals surface area (Å²) in [5.41, 5.74) is 0.916. The molecule has 0 aliphatic rings. The number of nitrogens with one attached hydrogen (secondary N) is 1. The van der Waals surface area contributed by atoms with E-state index in [9.17, 15) is 4.79 Å². The van der Waals surface area contributed by atoms with Crippen LogP contribution in [0.4, 0.5) is 5.69 Å². The number of aryl methyl sites for hydroxylation is 1. The van der Waals surface area contributed by atoms with E-state index in [2.05, 4.69) is 15.5 Å². The Balaban J connectivity index is 1.86. The van der Waals surface area contributed by atoms with Crippen LogP contribution in [0, 0.1) is 11.3 Å². The first kappa shape index (κ1) is 18.3. The van der Waals surface area contributed by atoms with E-state index >= 15 is 0 Å². The second-order valence-electron chi connectivity index (χ2n) is 4.80. The van der Waals surface area contributed by atoms with Crippen molar-refractivity contribution < 1.29 is 9.53 Å². The molecule has 0 spiro atoms. The summed E-state index contributed by atoms with van der Waals surface area (Å²) in [6, 6.07) is 6.73.